The number of hydrogen-bond acceptors (Lipinski definition) is 4. The molecule has 1 atom stereocenters. The van der Waals surface area contributed by atoms with E-state index in [1.165, 1.54) is 12.8 Å². The Hall–Kier alpha value is -0.650. The predicted octanol–water partition coefficient (Wildman–Crippen LogP) is 0.256. The SMILES string of the molecule is CN(C)CCCN(C)CCC(C)(NC1CC1)C(N)=O. The van der Waals surface area contributed by atoms with Crippen LogP contribution in [0.1, 0.15) is 32.6 Å². The molecule has 0 aliphatic heterocycles. The van der Waals surface area contributed by atoms with Crippen molar-refractivity contribution in [2.45, 2.75) is 44.2 Å². The third kappa shape index (κ3) is 6.36. The average molecular weight is 270 g/mol. The van der Waals surface area contributed by atoms with Gasteiger partial charge < -0.3 is 20.9 Å². The van der Waals surface area contributed by atoms with Crippen molar-refractivity contribution in [1.29, 1.82) is 0 Å². The van der Waals surface area contributed by atoms with E-state index in [1.54, 1.807) is 0 Å². The lowest BCUT2D eigenvalue weighted by Gasteiger charge is -2.30. The number of amides is 1. The second kappa shape index (κ2) is 7.22. The van der Waals surface area contributed by atoms with E-state index in [-0.39, 0.29) is 5.91 Å². The van der Waals surface area contributed by atoms with Gasteiger partial charge in [0.05, 0.1) is 5.54 Å². The first-order valence-corrected chi connectivity index (χ1v) is 7.24. The fourth-order valence-corrected chi connectivity index (χ4v) is 2.13. The molecule has 112 valence electrons. The van der Waals surface area contributed by atoms with E-state index in [1.807, 2.05) is 6.92 Å². The van der Waals surface area contributed by atoms with Gasteiger partial charge in [0, 0.05) is 12.6 Å². The maximum atomic E-state index is 11.6. The van der Waals surface area contributed by atoms with Crippen LogP contribution in [0.25, 0.3) is 0 Å². The molecule has 0 radical (unpaired) electrons. The molecule has 1 unspecified atom stereocenters. The smallest absolute Gasteiger partial charge is 0.237 e. The molecule has 1 saturated carbocycles. The summed E-state index contributed by atoms with van der Waals surface area (Å²) in [6.45, 7) is 4.97. The average Bonchev–Trinajstić information content (AvgIpc) is 3.09. The first kappa shape index (κ1) is 16.4. The third-order valence-corrected chi connectivity index (χ3v) is 3.78. The van der Waals surface area contributed by atoms with Crippen molar-refractivity contribution in [3.05, 3.63) is 0 Å². The highest BCUT2D eigenvalue weighted by atomic mass is 16.1. The second-order valence-corrected chi connectivity index (χ2v) is 6.33. The highest BCUT2D eigenvalue weighted by Crippen LogP contribution is 2.24. The summed E-state index contributed by atoms with van der Waals surface area (Å²) in [5.41, 5.74) is 4.99. The molecule has 3 N–H and O–H groups in total. The molecule has 0 heterocycles. The summed E-state index contributed by atoms with van der Waals surface area (Å²) in [6.07, 6.45) is 4.26. The molecule has 1 fully saturated rings. The minimum Gasteiger partial charge on any atom is -0.368 e. The number of primary amides is 1. The summed E-state index contributed by atoms with van der Waals surface area (Å²) in [5.74, 6) is -0.235. The summed E-state index contributed by atoms with van der Waals surface area (Å²) in [6, 6.07) is 0.497. The Balaban J connectivity index is 2.28. The molecule has 0 aromatic rings. The van der Waals surface area contributed by atoms with Crippen molar-refractivity contribution in [2.75, 3.05) is 40.8 Å². The van der Waals surface area contributed by atoms with Crippen LogP contribution < -0.4 is 11.1 Å². The Bertz CT molecular complexity index is 291. The zero-order chi connectivity index (χ0) is 14.5. The molecule has 1 aliphatic carbocycles. The van der Waals surface area contributed by atoms with E-state index in [9.17, 15) is 4.79 Å². The minimum atomic E-state index is -0.559. The maximum absolute atomic E-state index is 11.6. The first-order valence-electron chi connectivity index (χ1n) is 7.24. The lowest BCUT2D eigenvalue weighted by molar-refractivity contribution is -0.124. The first-order chi connectivity index (χ1) is 8.83. The molecule has 19 heavy (non-hydrogen) atoms. The van der Waals surface area contributed by atoms with Gasteiger partial charge in [0.2, 0.25) is 5.91 Å². The van der Waals surface area contributed by atoms with E-state index < -0.39 is 5.54 Å². The molecule has 1 aliphatic rings. The third-order valence-electron chi connectivity index (χ3n) is 3.78. The molecule has 0 aromatic carbocycles. The molecule has 1 rings (SSSR count). The maximum Gasteiger partial charge on any atom is 0.237 e. The second-order valence-electron chi connectivity index (χ2n) is 6.33. The van der Waals surface area contributed by atoms with Gasteiger partial charge in [-0.2, -0.15) is 0 Å². The summed E-state index contributed by atoms with van der Waals surface area (Å²) in [4.78, 5) is 16.1. The normalized spacial score (nSPS) is 18.8. The zero-order valence-corrected chi connectivity index (χ0v) is 12.9. The number of nitrogens with two attached hydrogens (primary N) is 1. The van der Waals surface area contributed by atoms with Crippen LogP contribution in [-0.4, -0.2) is 68.1 Å². The number of rotatable bonds is 10. The Morgan fingerprint density at radius 1 is 1.26 bits per heavy atom. The van der Waals surface area contributed by atoms with Crippen LogP contribution in [-0.2, 0) is 4.79 Å². The van der Waals surface area contributed by atoms with Crippen LogP contribution in [0.2, 0.25) is 0 Å². The quantitative estimate of drug-likeness (QED) is 0.598. The number of hydrogen-bond donors (Lipinski definition) is 2. The molecule has 5 nitrogen and oxygen atoms in total. The molecular formula is C14H30N4O. The van der Waals surface area contributed by atoms with E-state index in [0.29, 0.717) is 6.04 Å². The van der Waals surface area contributed by atoms with Crippen molar-refractivity contribution < 1.29 is 4.79 Å². The molecule has 0 spiro atoms. The minimum absolute atomic E-state index is 0.235. The van der Waals surface area contributed by atoms with Crippen LogP contribution in [0.4, 0.5) is 0 Å². The summed E-state index contributed by atoms with van der Waals surface area (Å²) >= 11 is 0. The lowest BCUT2D eigenvalue weighted by Crippen LogP contribution is -2.55. The summed E-state index contributed by atoms with van der Waals surface area (Å²) < 4.78 is 0. The van der Waals surface area contributed by atoms with Gasteiger partial charge in [-0.25, -0.2) is 0 Å². The molecule has 5 heteroatoms. The van der Waals surface area contributed by atoms with Gasteiger partial charge in [-0.05, 0) is 66.8 Å². The van der Waals surface area contributed by atoms with Gasteiger partial charge in [-0.1, -0.05) is 0 Å². The van der Waals surface area contributed by atoms with Crippen LogP contribution in [0.15, 0.2) is 0 Å². The van der Waals surface area contributed by atoms with Crippen LogP contribution >= 0.6 is 0 Å². The Kier molecular flexibility index (Phi) is 6.23. The number of nitrogens with zero attached hydrogens (tertiary/aromatic N) is 2. The van der Waals surface area contributed by atoms with E-state index >= 15 is 0 Å². The van der Waals surface area contributed by atoms with Crippen LogP contribution in [0.3, 0.4) is 0 Å². The van der Waals surface area contributed by atoms with Gasteiger partial charge in [0.1, 0.15) is 0 Å². The van der Waals surface area contributed by atoms with Gasteiger partial charge in [0.25, 0.3) is 0 Å². The van der Waals surface area contributed by atoms with Crippen LogP contribution in [0, 0.1) is 0 Å². The van der Waals surface area contributed by atoms with Crippen molar-refractivity contribution in [1.82, 2.24) is 15.1 Å². The molecular weight excluding hydrogens is 240 g/mol. The fourth-order valence-electron chi connectivity index (χ4n) is 2.13. The number of nitrogens with one attached hydrogen (secondary N) is 1. The number of carbonyl (C=O) groups excluding carboxylic acids is 1. The monoisotopic (exact) mass is 270 g/mol. The topological polar surface area (TPSA) is 61.6 Å². The molecule has 1 amide bonds. The van der Waals surface area contributed by atoms with Gasteiger partial charge in [-0.3, -0.25) is 4.79 Å². The zero-order valence-electron chi connectivity index (χ0n) is 12.9. The van der Waals surface area contributed by atoms with E-state index in [2.05, 4.69) is 36.3 Å². The molecule has 0 bridgehead atoms. The number of carbonyl (C=O) groups is 1. The van der Waals surface area contributed by atoms with Crippen molar-refractivity contribution in [3.8, 4) is 0 Å². The highest BCUT2D eigenvalue weighted by Gasteiger charge is 2.36. The Morgan fingerprint density at radius 3 is 2.37 bits per heavy atom. The fraction of sp³-hybridized carbons (Fsp3) is 0.929. The van der Waals surface area contributed by atoms with Crippen molar-refractivity contribution in [3.63, 3.8) is 0 Å². The predicted molar refractivity (Wildman–Crippen MR) is 79.0 cm³/mol. The largest absolute Gasteiger partial charge is 0.368 e. The standard InChI is InChI=1S/C14H30N4O/c1-14(13(15)19,16-12-6-7-12)8-11-18(4)10-5-9-17(2)3/h12,16H,5-11H2,1-4H3,(H2,15,19). The Labute approximate surface area is 117 Å². The highest BCUT2D eigenvalue weighted by molar-refractivity contribution is 5.84. The van der Waals surface area contributed by atoms with Crippen molar-refractivity contribution >= 4 is 5.91 Å². The summed E-state index contributed by atoms with van der Waals surface area (Å²) in [5, 5.41) is 3.39. The Morgan fingerprint density at radius 2 is 1.89 bits per heavy atom. The van der Waals surface area contributed by atoms with Crippen LogP contribution in [0.5, 0.6) is 0 Å². The van der Waals surface area contributed by atoms with E-state index in [4.69, 9.17) is 5.73 Å². The summed E-state index contributed by atoms with van der Waals surface area (Å²) in [7, 11) is 6.28. The van der Waals surface area contributed by atoms with E-state index in [0.717, 1.165) is 32.5 Å². The van der Waals surface area contributed by atoms with Gasteiger partial charge in [-0.15, -0.1) is 0 Å². The van der Waals surface area contributed by atoms with Gasteiger partial charge >= 0.3 is 0 Å². The molecule has 0 saturated heterocycles. The molecule has 0 aromatic heterocycles. The lowest BCUT2D eigenvalue weighted by atomic mass is 9.96. The van der Waals surface area contributed by atoms with Gasteiger partial charge in [0.15, 0.2) is 0 Å². The van der Waals surface area contributed by atoms with Crippen molar-refractivity contribution in [2.24, 2.45) is 5.73 Å².